The van der Waals surface area contributed by atoms with E-state index >= 15 is 0 Å². The fraction of sp³-hybridized carbons (Fsp3) is 0.419. The number of para-hydroxylation sites is 1. The number of rotatable bonds is 16. The van der Waals surface area contributed by atoms with Crippen LogP contribution in [0.4, 0.5) is 18.9 Å². The van der Waals surface area contributed by atoms with E-state index < -0.39 is 52.0 Å². The number of halogens is 3. The molecule has 0 aliphatic carbocycles. The molecule has 0 radical (unpaired) electrons. The SMILES string of the molecule is CCOC(=O)C1=C(C(F)(F)F)NC(C)=C(C(=O)OC)C1c1cc([N+](=O)[O-])ccc1OCCCCNCC(O)COc1ccccc1. The predicted molar refractivity (Wildman–Crippen MR) is 159 cm³/mol. The van der Waals surface area contributed by atoms with Crippen LogP contribution in [0.1, 0.15) is 38.2 Å². The van der Waals surface area contributed by atoms with Gasteiger partial charge < -0.3 is 34.7 Å². The highest BCUT2D eigenvalue weighted by Gasteiger charge is 2.48. The molecule has 0 fully saturated rings. The van der Waals surface area contributed by atoms with Gasteiger partial charge in [-0.25, -0.2) is 9.59 Å². The van der Waals surface area contributed by atoms with Gasteiger partial charge in [0.15, 0.2) is 0 Å². The minimum Gasteiger partial charge on any atom is -0.493 e. The van der Waals surface area contributed by atoms with E-state index in [1.165, 1.54) is 19.9 Å². The molecule has 250 valence electrons. The number of dihydropyridines is 1. The number of nitro groups is 1. The van der Waals surface area contributed by atoms with E-state index in [1.807, 2.05) is 18.2 Å². The van der Waals surface area contributed by atoms with Crippen LogP contribution in [0.5, 0.6) is 11.5 Å². The van der Waals surface area contributed by atoms with Gasteiger partial charge in [-0.1, -0.05) is 18.2 Å². The van der Waals surface area contributed by atoms with Crippen LogP contribution in [0, 0.1) is 10.1 Å². The molecular formula is C31H36F3N3O9. The van der Waals surface area contributed by atoms with Crippen molar-refractivity contribution in [2.75, 3.05) is 40.0 Å². The van der Waals surface area contributed by atoms with Crippen LogP contribution in [0.3, 0.4) is 0 Å². The van der Waals surface area contributed by atoms with Gasteiger partial charge in [-0.15, -0.1) is 0 Å². The highest BCUT2D eigenvalue weighted by molar-refractivity contribution is 6.00. The maximum absolute atomic E-state index is 14.3. The van der Waals surface area contributed by atoms with Crippen LogP contribution in [-0.2, 0) is 19.1 Å². The zero-order valence-electron chi connectivity index (χ0n) is 25.5. The number of aliphatic hydroxyl groups is 1. The molecule has 2 aromatic carbocycles. The van der Waals surface area contributed by atoms with Crippen LogP contribution in [0.25, 0.3) is 0 Å². The Morgan fingerprint density at radius 3 is 2.43 bits per heavy atom. The van der Waals surface area contributed by atoms with E-state index in [0.29, 0.717) is 25.1 Å². The molecule has 1 heterocycles. The van der Waals surface area contributed by atoms with Crippen molar-refractivity contribution >= 4 is 17.6 Å². The molecule has 12 nitrogen and oxygen atoms in total. The molecule has 0 bridgehead atoms. The lowest BCUT2D eigenvalue weighted by Crippen LogP contribution is -2.38. The fourth-order valence-corrected chi connectivity index (χ4v) is 4.75. The van der Waals surface area contributed by atoms with E-state index in [-0.39, 0.29) is 48.9 Å². The fourth-order valence-electron chi connectivity index (χ4n) is 4.75. The molecule has 3 rings (SSSR count). The highest BCUT2D eigenvalue weighted by Crippen LogP contribution is 2.46. The summed E-state index contributed by atoms with van der Waals surface area (Å²) in [6.07, 6.45) is -4.83. The number of ether oxygens (including phenoxy) is 4. The summed E-state index contributed by atoms with van der Waals surface area (Å²) < 4.78 is 63.9. The van der Waals surface area contributed by atoms with Gasteiger partial charge in [0.05, 0.1) is 42.3 Å². The average Bonchev–Trinajstić information content (AvgIpc) is 3.02. The van der Waals surface area contributed by atoms with Crippen LogP contribution >= 0.6 is 0 Å². The Bertz CT molecular complexity index is 1450. The van der Waals surface area contributed by atoms with E-state index in [4.69, 9.17) is 18.9 Å². The average molecular weight is 652 g/mol. The summed E-state index contributed by atoms with van der Waals surface area (Å²) in [4.78, 5) is 36.9. The van der Waals surface area contributed by atoms with Crippen LogP contribution in [-0.4, -0.2) is 74.3 Å². The molecule has 1 aliphatic rings. The molecule has 2 unspecified atom stereocenters. The second-order valence-electron chi connectivity index (χ2n) is 10.1. The van der Waals surface area contributed by atoms with E-state index in [1.54, 1.807) is 12.1 Å². The smallest absolute Gasteiger partial charge is 0.431 e. The van der Waals surface area contributed by atoms with E-state index in [9.17, 15) is 38.0 Å². The molecule has 3 N–H and O–H groups in total. The number of unbranched alkanes of at least 4 members (excludes halogenated alkanes) is 1. The number of allylic oxidation sites excluding steroid dienone is 2. The number of esters is 2. The van der Waals surface area contributed by atoms with Gasteiger partial charge in [-0.05, 0) is 51.4 Å². The first-order valence-corrected chi connectivity index (χ1v) is 14.4. The van der Waals surface area contributed by atoms with Crippen LogP contribution < -0.4 is 20.1 Å². The molecule has 15 heteroatoms. The summed E-state index contributed by atoms with van der Waals surface area (Å²) >= 11 is 0. The van der Waals surface area contributed by atoms with Gasteiger partial charge in [0, 0.05) is 29.9 Å². The van der Waals surface area contributed by atoms with Crippen molar-refractivity contribution in [3.8, 4) is 11.5 Å². The maximum Gasteiger partial charge on any atom is 0.431 e. The Hall–Kier alpha value is -4.63. The van der Waals surface area contributed by atoms with Gasteiger partial charge in [0.25, 0.3) is 5.69 Å². The van der Waals surface area contributed by atoms with Crippen molar-refractivity contribution in [1.82, 2.24) is 10.6 Å². The third-order valence-corrected chi connectivity index (χ3v) is 6.83. The number of methoxy groups -OCH3 is 1. The predicted octanol–water partition coefficient (Wildman–Crippen LogP) is 4.30. The summed E-state index contributed by atoms with van der Waals surface area (Å²) in [5, 5.41) is 27.0. The van der Waals surface area contributed by atoms with Crippen molar-refractivity contribution < 1.29 is 51.7 Å². The van der Waals surface area contributed by atoms with Gasteiger partial charge in [0.2, 0.25) is 0 Å². The minimum atomic E-state index is -5.08. The Morgan fingerprint density at radius 2 is 1.80 bits per heavy atom. The number of alkyl halides is 3. The lowest BCUT2D eigenvalue weighted by atomic mass is 9.79. The summed E-state index contributed by atoms with van der Waals surface area (Å²) in [7, 11) is 1.01. The standard InChI is InChI=1S/C31H36F3N3O9/c1-4-44-30(40)27-26(25(29(39)43-3)19(2)36-28(27)31(32,33)34)23-16-20(37(41)42)12-13-24(23)45-15-9-8-14-35-17-21(38)18-46-22-10-6-5-7-11-22/h5-7,10-13,16,21,26,35-36,38H,4,8-9,14-15,17-18H2,1-3H3. The van der Waals surface area contributed by atoms with Gasteiger partial charge in [-0.3, -0.25) is 10.1 Å². The van der Waals surface area contributed by atoms with Gasteiger partial charge in [0.1, 0.15) is 29.9 Å². The van der Waals surface area contributed by atoms with Gasteiger partial charge in [-0.2, -0.15) is 13.2 Å². The number of carbonyl (C=O) groups is 2. The molecule has 0 aromatic heterocycles. The summed E-state index contributed by atoms with van der Waals surface area (Å²) in [5.74, 6) is -3.64. The molecule has 1 aliphatic heterocycles. The Labute approximate surface area is 263 Å². The monoisotopic (exact) mass is 651 g/mol. The Balaban J connectivity index is 1.80. The quantitative estimate of drug-likeness (QED) is 0.103. The molecule has 0 saturated carbocycles. The number of benzene rings is 2. The van der Waals surface area contributed by atoms with Crippen molar-refractivity contribution in [1.29, 1.82) is 0 Å². The highest BCUT2D eigenvalue weighted by atomic mass is 19.4. The largest absolute Gasteiger partial charge is 0.493 e. The van der Waals surface area contributed by atoms with E-state index in [0.717, 1.165) is 19.2 Å². The molecular weight excluding hydrogens is 615 g/mol. The molecule has 2 aromatic rings. The van der Waals surface area contributed by atoms with Gasteiger partial charge >= 0.3 is 18.1 Å². The Morgan fingerprint density at radius 1 is 1.09 bits per heavy atom. The Kier molecular flexibility index (Phi) is 12.9. The lowest BCUT2D eigenvalue weighted by Gasteiger charge is -2.32. The second-order valence-corrected chi connectivity index (χ2v) is 10.1. The zero-order valence-corrected chi connectivity index (χ0v) is 25.5. The van der Waals surface area contributed by atoms with Crippen LogP contribution in [0.15, 0.2) is 71.1 Å². The zero-order chi connectivity index (χ0) is 33.9. The normalized spacial score (nSPS) is 15.6. The molecule has 46 heavy (non-hydrogen) atoms. The lowest BCUT2D eigenvalue weighted by molar-refractivity contribution is -0.384. The third-order valence-electron chi connectivity index (χ3n) is 6.83. The van der Waals surface area contributed by atoms with Crippen molar-refractivity contribution in [3.63, 3.8) is 0 Å². The number of nitrogens with one attached hydrogen (secondary N) is 2. The van der Waals surface area contributed by atoms with Crippen molar-refractivity contribution in [2.45, 2.75) is 44.9 Å². The van der Waals surface area contributed by atoms with Crippen LogP contribution in [0.2, 0.25) is 0 Å². The number of hydrogen-bond donors (Lipinski definition) is 3. The number of carbonyl (C=O) groups excluding carboxylic acids is 2. The number of hydrogen-bond acceptors (Lipinski definition) is 11. The minimum absolute atomic E-state index is 0.0397. The third kappa shape index (κ3) is 9.44. The summed E-state index contributed by atoms with van der Waals surface area (Å²) in [6, 6.07) is 12.3. The maximum atomic E-state index is 14.3. The number of non-ortho nitro benzene ring substituents is 1. The first kappa shape index (κ1) is 35.8. The molecule has 0 spiro atoms. The number of aliphatic hydroxyl groups excluding tert-OH is 1. The first-order chi connectivity index (χ1) is 21.9. The summed E-state index contributed by atoms with van der Waals surface area (Å²) in [5.41, 5.74) is -3.80. The van der Waals surface area contributed by atoms with E-state index in [2.05, 4.69) is 10.6 Å². The molecule has 0 saturated heterocycles. The number of nitro benzene ring substituents is 1. The van der Waals surface area contributed by atoms with Crippen molar-refractivity contribution in [2.24, 2.45) is 0 Å². The topological polar surface area (TPSA) is 158 Å². The molecule has 2 atom stereocenters. The molecule has 0 amide bonds. The summed E-state index contributed by atoms with van der Waals surface area (Å²) in [6.45, 7) is 3.21. The number of nitrogens with zero attached hydrogens (tertiary/aromatic N) is 1. The van der Waals surface area contributed by atoms with Crippen molar-refractivity contribution in [3.05, 3.63) is 86.7 Å². The second kappa shape index (κ2) is 16.6. The first-order valence-electron chi connectivity index (χ1n) is 14.4.